The molecule has 0 aliphatic rings. The molecule has 0 aliphatic heterocycles. The first-order valence-corrected chi connectivity index (χ1v) is 11.0. The Bertz CT molecular complexity index is 1550. The second-order valence-electron chi connectivity index (χ2n) is 7.38. The van der Waals surface area contributed by atoms with Crippen LogP contribution in [0.4, 0.5) is 8.78 Å². The first-order valence-electron chi connectivity index (χ1n) is 9.78. The molecule has 8 nitrogen and oxygen atoms in total. The molecule has 0 bridgehead atoms. The molecule has 0 radical (unpaired) electrons. The van der Waals surface area contributed by atoms with E-state index < -0.39 is 29.7 Å². The zero-order valence-electron chi connectivity index (χ0n) is 17.8. The molecule has 2 heterocycles. The number of carbonyl (C=O) groups excluding carboxylic acids is 1. The van der Waals surface area contributed by atoms with Gasteiger partial charge in [0.2, 0.25) is 5.91 Å². The van der Waals surface area contributed by atoms with E-state index in [2.05, 4.69) is 9.72 Å². The largest absolute Gasteiger partial charge is 0.433 e. The van der Waals surface area contributed by atoms with Crippen LogP contribution in [-0.2, 0) is 18.9 Å². The Hall–Kier alpha value is -3.57. The topological polar surface area (TPSA) is 109 Å². The summed E-state index contributed by atoms with van der Waals surface area (Å²) in [5.74, 6) is -1.98. The Kier molecular flexibility index (Phi) is 6.24. The summed E-state index contributed by atoms with van der Waals surface area (Å²) in [6.07, 6.45) is 0. The maximum Gasteiger partial charge on any atom is 0.387 e. The van der Waals surface area contributed by atoms with Gasteiger partial charge in [0.1, 0.15) is 16.7 Å². The van der Waals surface area contributed by atoms with Crippen molar-refractivity contribution in [1.82, 2.24) is 14.1 Å². The number of hydrogen-bond acceptors (Lipinski definition) is 6. The van der Waals surface area contributed by atoms with E-state index >= 15 is 0 Å². The van der Waals surface area contributed by atoms with Crippen LogP contribution in [-0.4, -0.2) is 26.6 Å². The lowest BCUT2D eigenvalue weighted by Crippen LogP contribution is -2.38. The zero-order valence-corrected chi connectivity index (χ0v) is 19.4. The van der Waals surface area contributed by atoms with E-state index in [1.54, 1.807) is 23.6 Å². The molecule has 2 N–H and O–H groups in total. The Morgan fingerprint density at radius 2 is 1.91 bits per heavy atom. The quantitative estimate of drug-likeness (QED) is 0.432. The van der Waals surface area contributed by atoms with Gasteiger partial charge in [-0.3, -0.25) is 18.7 Å². The molecule has 0 fully saturated rings. The molecular formula is C22H17ClF2N4O4S. The molecule has 0 spiro atoms. The van der Waals surface area contributed by atoms with Crippen molar-refractivity contribution < 1.29 is 18.3 Å². The average molecular weight is 507 g/mol. The smallest absolute Gasteiger partial charge is 0.387 e. The van der Waals surface area contributed by atoms with Gasteiger partial charge in [0.25, 0.3) is 5.56 Å². The number of primary amides is 1. The van der Waals surface area contributed by atoms with Gasteiger partial charge in [-0.2, -0.15) is 8.78 Å². The Morgan fingerprint density at radius 3 is 2.56 bits per heavy atom. The van der Waals surface area contributed by atoms with Gasteiger partial charge in [-0.25, -0.2) is 9.78 Å². The fraction of sp³-hybridized carbons (Fsp3) is 0.182. The van der Waals surface area contributed by atoms with Crippen molar-refractivity contribution in [2.75, 3.05) is 0 Å². The van der Waals surface area contributed by atoms with Crippen LogP contribution < -0.4 is 21.7 Å². The highest BCUT2D eigenvalue weighted by Crippen LogP contribution is 2.35. The number of aromatic nitrogens is 3. The van der Waals surface area contributed by atoms with Gasteiger partial charge in [-0.1, -0.05) is 23.7 Å². The summed E-state index contributed by atoms with van der Waals surface area (Å²) in [6.45, 7) is -3.02. The number of nitrogens with zero attached hydrogens (tertiary/aromatic N) is 3. The fourth-order valence-electron chi connectivity index (χ4n) is 3.71. The molecule has 1 atom stereocenters. The van der Waals surface area contributed by atoms with E-state index in [9.17, 15) is 23.2 Å². The number of nitrogens with two attached hydrogens (primary N) is 1. The number of benzene rings is 2. The number of carbonyl (C=O) groups is 1. The molecule has 1 amide bonds. The minimum Gasteiger partial charge on any atom is -0.433 e. The van der Waals surface area contributed by atoms with Crippen molar-refractivity contribution in [3.63, 3.8) is 0 Å². The number of hydrogen-bond donors (Lipinski definition) is 1. The maximum atomic E-state index is 13.0. The molecule has 2 aromatic heterocycles. The standard InChI is InChI=1S/C22H17ClF2N4O4S/c1-28-14-5-3-4-11(16(14)20(31)29(2)22(28)32)17(18(26)30)19-27-13(9-34-19)10-6-7-15(12(23)8-10)33-21(24)25/h3-9,17,21H,1-2H3,(H2,26,30). The predicted octanol–water partition coefficient (Wildman–Crippen LogP) is 3.23. The van der Waals surface area contributed by atoms with Crippen LogP contribution in [0.3, 0.4) is 0 Å². The minimum absolute atomic E-state index is 0.0303. The average Bonchev–Trinajstić information content (AvgIpc) is 3.26. The van der Waals surface area contributed by atoms with Crippen molar-refractivity contribution in [3.05, 3.63) is 78.2 Å². The minimum atomic E-state index is -3.02. The summed E-state index contributed by atoms with van der Waals surface area (Å²) >= 11 is 7.18. The normalized spacial score (nSPS) is 12.3. The van der Waals surface area contributed by atoms with E-state index in [-0.39, 0.29) is 16.2 Å². The van der Waals surface area contributed by atoms with Crippen LogP contribution >= 0.6 is 22.9 Å². The van der Waals surface area contributed by atoms with Gasteiger partial charge >= 0.3 is 12.3 Å². The zero-order chi connectivity index (χ0) is 24.7. The highest BCUT2D eigenvalue weighted by Gasteiger charge is 2.28. The molecule has 12 heteroatoms. The molecule has 34 heavy (non-hydrogen) atoms. The Labute approximate surface area is 199 Å². The molecule has 4 aromatic rings. The number of alkyl halides is 2. The van der Waals surface area contributed by atoms with Crippen LogP contribution in [0.2, 0.25) is 5.02 Å². The maximum absolute atomic E-state index is 13.0. The number of aryl methyl sites for hydroxylation is 1. The molecule has 4 rings (SSSR count). The van der Waals surface area contributed by atoms with E-state index in [0.29, 0.717) is 27.3 Å². The lowest BCUT2D eigenvalue weighted by atomic mass is 9.95. The first kappa shape index (κ1) is 23.6. The molecule has 176 valence electrons. The highest BCUT2D eigenvalue weighted by atomic mass is 35.5. The summed E-state index contributed by atoms with van der Waals surface area (Å²) < 4.78 is 31.6. The second-order valence-corrected chi connectivity index (χ2v) is 8.67. The van der Waals surface area contributed by atoms with Crippen molar-refractivity contribution in [3.8, 4) is 17.0 Å². The summed E-state index contributed by atoms with van der Waals surface area (Å²) in [5, 5.41) is 2.13. The van der Waals surface area contributed by atoms with Crippen molar-refractivity contribution in [2.24, 2.45) is 19.8 Å². The van der Waals surface area contributed by atoms with Crippen LogP contribution in [0.25, 0.3) is 22.2 Å². The van der Waals surface area contributed by atoms with Gasteiger partial charge in [-0.05, 0) is 29.8 Å². The highest BCUT2D eigenvalue weighted by molar-refractivity contribution is 7.10. The molecule has 2 aromatic carbocycles. The van der Waals surface area contributed by atoms with E-state index in [1.807, 2.05) is 0 Å². The third kappa shape index (κ3) is 4.08. The number of thiazole rings is 1. The third-order valence-corrected chi connectivity index (χ3v) is 6.54. The van der Waals surface area contributed by atoms with Crippen LogP contribution in [0, 0.1) is 0 Å². The first-order chi connectivity index (χ1) is 16.1. The summed E-state index contributed by atoms with van der Waals surface area (Å²) in [6, 6.07) is 9.05. The number of ether oxygens (including phenoxy) is 1. The monoisotopic (exact) mass is 506 g/mol. The third-order valence-electron chi connectivity index (χ3n) is 5.34. The Morgan fingerprint density at radius 1 is 1.18 bits per heavy atom. The van der Waals surface area contributed by atoms with Crippen molar-refractivity contribution in [2.45, 2.75) is 12.5 Å². The molecule has 0 saturated carbocycles. The van der Waals surface area contributed by atoms with Crippen LogP contribution in [0.5, 0.6) is 5.75 Å². The van der Waals surface area contributed by atoms with E-state index in [1.165, 1.54) is 36.9 Å². The Balaban J connectivity index is 1.83. The molecular weight excluding hydrogens is 490 g/mol. The van der Waals surface area contributed by atoms with Gasteiger partial charge in [0.05, 0.1) is 21.6 Å². The van der Waals surface area contributed by atoms with Gasteiger partial charge < -0.3 is 10.5 Å². The van der Waals surface area contributed by atoms with Crippen LogP contribution in [0.1, 0.15) is 16.5 Å². The number of rotatable bonds is 6. The molecule has 0 aliphatic carbocycles. The van der Waals surface area contributed by atoms with E-state index in [4.69, 9.17) is 17.3 Å². The predicted molar refractivity (Wildman–Crippen MR) is 125 cm³/mol. The second kappa shape index (κ2) is 8.99. The van der Waals surface area contributed by atoms with Crippen LogP contribution in [0.15, 0.2) is 51.4 Å². The lowest BCUT2D eigenvalue weighted by Gasteiger charge is -2.16. The van der Waals surface area contributed by atoms with Gasteiger partial charge in [0, 0.05) is 25.0 Å². The fourth-order valence-corrected chi connectivity index (χ4v) is 4.88. The van der Waals surface area contributed by atoms with Gasteiger partial charge in [0.15, 0.2) is 0 Å². The number of fused-ring (bicyclic) bond motifs is 1. The van der Waals surface area contributed by atoms with Gasteiger partial charge in [-0.15, -0.1) is 11.3 Å². The summed E-state index contributed by atoms with van der Waals surface area (Å²) in [5.41, 5.74) is 6.28. The SMILES string of the molecule is Cn1c(=O)c2c(C(C(N)=O)c3nc(-c4ccc(OC(F)F)c(Cl)c4)cs3)cccc2n(C)c1=O. The molecule has 0 saturated heterocycles. The summed E-state index contributed by atoms with van der Waals surface area (Å²) in [7, 11) is 2.88. The summed E-state index contributed by atoms with van der Waals surface area (Å²) in [4.78, 5) is 42.3. The van der Waals surface area contributed by atoms with E-state index in [0.717, 1.165) is 15.9 Å². The number of halogens is 3. The number of amides is 1. The van der Waals surface area contributed by atoms with Crippen molar-refractivity contribution >= 4 is 39.7 Å². The van der Waals surface area contributed by atoms with Crippen molar-refractivity contribution in [1.29, 1.82) is 0 Å². The lowest BCUT2D eigenvalue weighted by molar-refractivity contribution is -0.118. The molecule has 1 unspecified atom stereocenters.